The van der Waals surface area contributed by atoms with Crippen LogP contribution < -0.4 is 10.1 Å². The SMILES string of the molecule is O=C(NCc1nc(-c2ccccc2)cs1)[C@H]1COc2ccc(Cl)cc2C1. The van der Waals surface area contributed by atoms with Gasteiger partial charge in [0.15, 0.2) is 0 Å². The quantitative estimate of drug-likeness (QED) is 0.728. The predicted octanol–water partition coefficient (Wildman–Crippen LogP) is 4.33. The maximum absolute atomic E-state index is 12.5. The number of fused-ring (bicyclic) bond motifs is 1. The Morgan fingerprint density at radius 3 is 2.96 bits per heavy atom. The molecule has 1 aromatic heterocycles. The number of nitrogens with zero attached hydrogens (tertiary/aromatic N) is 1. The number of hydrogen-bond donors (Lipinski definition) is 1. The molecular formula is C20H17ClN2O2S. The van der Waals surface area contributed by atoms with Crippen molar-refractivity contribution in [3.63, 3.8) is 0 Å². The molecule has 2 heterocycles. The highest BCUT2D eigenvalue weighted by Crippen LogP contribution is 2.30. The second-order valence-corrected chi connectivity index (χ2v) is 7.55. The molecule has 0 unspecified atom stereocenters. The topological polar surface area (TPSA) is 51.2 Å². The van der Waals surface area contributed by atoms with E-state index < -0.39 is 0 Å². The van der Waals surface area contributed by atoms with Gasteiger partial charge in [0.2, 0.25) is 5.91 Å². The number of thiazole rings is 1. The van der Waals surface area contributed by atoms with Crippen molar-refractivity contribution in [2.45, 2.75) is 13.0 Å². The van der Waals surface area contributed by atoms with E-state index in [9.17, 15) is 4.79 Å². The van der Waals surface area contributed by atoms with Crippen molar-refractivity contribution >= 4 is 28.8 Å². The van der Waals surface area contributed by atoms with E-state index in [1.54, 1.807) is 17.4 Å². The van der Waals surface area contributed by atoms with E-state index in [0.717, 1.165) is 27.6 Å². The molecule has 132 valence electrons. The van der Waals surface area contributed by atoms with Crippen LogP contribution in [0.2, 0.25) is 5.02 Å². The fraction of sp³-hybridized carbons (Fsp3) is 0.200. The lowest BCUT2D eigenvalue weighted by molar-refractivity contribution is -0.126. The van der Waals surface area contributed by atoms with Gasteiger partial charge in [0.25, 0.3) is 0 Å². The van der Waals surface area contributed by atoms with Crippen molar-refractivity contribution in [2.75, 3.05) is 6.61 Å². The number of rotatable bonds is 4. The molecule has 0 aliphatic carbocycles. The van der Waals surface area contributed by atoms with E-state index in [1.165, 1.54) is 0 Å². The molecule has 1 amide bonds. The van der Waals surface area contributed by atoms with Gasteiger partial charge in [-0.3, -0.25) is 4.79 Å². The average molecular weight is 385 g/mol. The van der Waals surface area contributed by atoms with Gasteiger partial charge < -0.3 is 10.1 Å². The van der Waals surface area contributed by atoms with Gasteiger partial charge in [-0.2, -0.15) is 0 Å². The Labute approximate surface area is 160 Å². The zero-order valence-electron chi connectivity index (χ0n) is 13.9. The molecule has 0 spiro atoms. The summed E-state index contributed by atoms with van der Waals surface area (Å²) in [6.45, 7) is 0.808. The predicted molar refractivity (Wildman–Crippen MR) is 104 cm³/mol. The largest absolute Gasteiger partial charge is 0.492 e. The number of halogens is 1. The summed E-state index contributed by atoms with van der Waals surface area (Å²) in [5.74, 6) is 0.576. The third kappa shape index (κ3) is 3.74. The number of hydrogen-bond acceptors (Lipinski definition) is 4. The van der Waals surface area contributed by atoms with Gasteiger partial charge in [-0.1, -0.05) is 41.9 Å². The Balaban J connectivity index is 1.37. The summed E-state index contributed by atoms with van der Waals surface area (Å²) in [7, 11) is 0. The van der Waals surface area contributed by atoms with E-state index in [-0.39, 0.29) is 11.8 Å². The summed E-state index contributed by atoms with van der Waals surface area (Å²) in [4.78, 5) is 17.1. The van der Waals surface area contributed by atoms with Gasteiger partial charge in [-0.25, -0.2) is 4.98 Å². The molecule has 1 atom stereocenters. The van der Waals surface area contributed by atoms with Crippen LogP contribution in [0.4, 0.5) is 0 Å². The normalized spacial score (nSPS) is 15.8. The van der Waals surface area contributed by atoms with Crippen LogP contribution in [-0.2, 0) is 17.8 Å². The molecule has 1 N–H and O–H groups in total. The van der Waals surface area contributed by atoms with Gasteiger partial charge in [-0.05, 0) is 30.2 Å². The molecule has 26 heavy (non-hydrogen) atoms. The minimum absolute atomic E-state index is 0.0212. The first kappa shape index (κ1) is 17.1. The lowest BCUT2D eigenvalue weighted by Crippen LogP contribution is -2.37. The fourth-order valence-corrected chi connectivity index (χ4v) is 3.91. The van der Waals surface area contributed by atoms with Crippen LogP contribution in [-0.4, -0.2) is 17.5 Å². The summed E-state index contributed by atoms with van der Waals surface area (Å²) in [5, 5.41) is 6.53. The summed E-state index contributed by atoms with van der Waals surface area (Å²) < 4.78 is 5.69. The number of carbonyl (C=O) groups excluding carboxylic acids is 1. The van der Waals surface area contributed by atoms with Crippen molar-refractivity contribution in [3.8, 4) is 17.0 Å². The maximum atomic E-state index is 12.5. The van der Waals surface area contributed by atoms with Crippen LogP contribution in [0.3, 0.4) is 0 Å². The standard InChI is InChI=1S/C20H17ClN2O2S/c21-16-6-7-18-14(9-16)8-15(11-25-18)20(24)22-10-19-23-17(12-26-19)13-4-2-1-3-5-13/h1-7,9,12,15H,8,10-11H2,(H,22,24)/t15-/m1/s1. The Hall–Kier alpha value is -2.37. The third-order valence-electron chi connectivity index (χ3n) is 4.33. The Bertz CT molecular complexity index is 927. The van der Waals surface area contributed by atoms with Crippen molar-refractivity contribution in [2.24, 2.45) is 5.92 Å². The second-order valence-electron chi connectivity index (χ2n) is 6.17. The minimum atomic E-state index is -0.213. The Morgan fingerprint density at radius 2 is 2.12 bits per heavy atom. The maximum Gasteiger partial charge on any atom is 0.227 e. The number of carbonyl (C=O) groups is 1. The van der Waals surface area contributed by atoms with Gasteiger partial charge in [-0.15, -0.1) is 11.3 Å². The first-order valence-corrected chi connectivity index (χ1v) is 9.63. The highest BCUT2D eigenvalue weighted by molar-refractivity contribution is 7.09. The summed E-state index contributed by atoms with van der Waals surface area (Å²) in [5.41, 5.74) is 2.99. The second kappa shape index (κ2) is 7.48. The van der Waals surface area contributed by atoms with Gasteiger partial charge in [0, 0.05) is 16.0 Å². The highest BCUT2D eigenvalue weighted by Gasteiger charge is 2.26. The molecule has 1 aliphatic rings. The lowest BCUT2D eigenvalue weighted by atomic mass is 9.96. The highest BCUT2D eigenvalue weighted by atomic mass is 35.5. The monoisotopic (exact) mass is 384 g/mol. The number of ether oxygens (including phenoxy) is 1. The summed E-state index contributed by atoms with van der Waals surface area (Å²) in [6.07, 6.45) is 0.634. The molecule has 4 nitrogen and oxygen atoms in total. The zero-order chi connectivity index (χ0) is 17.9. The Kier molecular flexibility index (Phi) is 4.91. The molecule has 0 saturated heterocycles. The number of benzene rings is 2. The molecule has 0 bridgehead atoms. The van der Waals surface area contributed by atoms with Crippen LogP contribution in [0.1, 0.15) is 10.6 Å². The molecular weight excluding hydrogens is 368 g/mol. The smallest absolute Gasteiger partial charge is 0.227 e. The van der Waals surface area contributed by atoms with Crippen LogP contribution in [0.5, 0.6) is 5.75 Å². The van der Waals surface area contributed by atoms with Crippen LogP contribution in [0.15, 0.2) is 53.9 Å². The van der Waals surface area contributed by atoms with Crippen LogP contribution in [0, 0.1) is 5.92 Å². The van der Waals surface area contributed by atoms with Crippen LogP contribution in [0.25, 0.3) is 11.3 Å². The lowest BCUT2D eigenvalue weighted by Gasteiger charge is -2.24. The number of nitrogens with one attached hydrogen (secondary N) is 1. The summed E-state index contributed by atoms with van der Waals surface area (Å²) in [6, 6.07) is 15.5. The van der Waals surface area contributed by atoms with Crippen molar-refractivity contribution < 1.29 is 9.53 Å². The van der Waals surface area contributed by atoms with E-state index in [1.807, 2.05) is 47.8 Å². The molecule has 4 rings (SSSR count). The van der Waals surface area contributed by atoms with Gasteiger partial charge in [0.05, 0.1) is 18.2 Å². The number of aromatic nitrogens is 1. The van der Waals surface area contributed by atoms with Crippen molar-refractivity contribution in [1.82, 2.24) is 10.3 Å². The third-order valence-corrected chi connectivity index (χ3v) is 5.42. The molecule has 6 heteroatoms. The van der Waals surface area contributed by atoms with E-state index in [0.29, 0.717) is 24.6 Å². The first-order valence-electron chi connectivity index (χ1n) is 8.38. The molecule has 0 fully saturated rings. The van der Waals surface area contributed by atoms with Crippen molar-refractivity contribution in [3.05, 3.63) is 69.5 Å². The molecule has 0 radical (unpaired) electrons. The molecule has 3 aromatic rings. The van der Waals surface area contributed by atoms with Crippen molar-refractivity contribution in [1.29, 1.82) is 0 Å². The van der Waals surface area contributed by atoms with E-state index >= 15 is 0 Å². The number of amides is 1. The molecule has 1 aliphatic heterocycles. The Morgan fingerprint density at radius 1 is 1.27 bits per heavy atom. The molecule has 2 aromatic carbocycles. The zero-order valence-corrected chi connectivity index (χ0v) is 15.5. The van der Waals surface area contributed by atoms with Gasteiger partial charge in [0.1, 0.15) is 17.4 Å². The minimum Gasteiger partial charge on any atom is -0.492 e. The molecule has 0 saturated carbocycles. The fourth-order valence-electron chi connectivity index (χ4n) is 2.97. The van der Waals surface area contributed by atoms with E-state index in [2.05, 4.69) is 10.3 Å². The van der Waals surface area contributed by atoms with Gasteiger partial charge >= 0.3 is 0 Å². The van der Waals surface area contributed by atoms with Crippen LogP contribution >= 0.6 is 22.9 Å². The summed E-state index contributed by atoms with van der Waals surface area (Å²) >= 11 is 7.58. The van der Waals surface area contributed by atoms with E-state index in [4.69, 9.17) is 16.3 Å². The first-order chi connectivity index (χ1) is 12.7. The average Bonchev–Trinajstić information content (AvgIpc) is 3.15.